The van der Waals surface area contributed by atoms with Crippen LogP contribution in [-0.4, -0.2) is 21.5 Å². The molecule has 23 heavy (non-hydrogen) atoms. The minimum absolute atomic E-state index is 0. The average Bonchev–Trinajstić information content (AvgIpc) is 2.46. The maximum Gasteiger partial charge on any atom is 1.00 e. The Bertz CT molecular complexity index is 833. The van der Waals surface area contributed by atoms with Crippen LogP contribution in [0.4, 0.5) is 0 Å². The molecule has 0 aliphatic rings. The van der Waals surface area contributed by atoms with E-state index in [1.807, 2.05) is 12.1 Å². The number of ketones is 1. The SMILES string of the molecule is CCc1c(C(C)=O)c(=O)c(C(=O)[O-])nn1-c1ccccc1I.[K+]. The molecular weight excluding hydrogens is 438 g/mol. The number of aromatic carboxylic acids is 1. The Balaban J connectivity index is 0.00000264. The van der Waals surface area contributed by atoms with Gasteiger partial charge in [0.05, 0.1) is 22.9 Å². The zero-order valence-corrected chi connectivity index (χ0v) is 18.2. The number of nitrogens with zero attached hydrogens (tertiary/aromatic N) is 2. The summed E-state index contributed by atoms with van der Waals surface area (Å²) in [5.41, 5.74) is -0.832. The molecule has 0 unspecified atom stereocenters. The summed E-state index contributed by atoms with van der Waals surface area (Å²) in [7, 11) is 0. The summed E-state index contributed by atoms with van der Waals surface area (Å²) in [6, 6.07) is 7.15. The third kappa shape index (κ3) is 4.17. The zero-order valence-electron chi connectivity index (χ0n) is 12.9. The molecule has 114 valence electrons. The van der Waals surface area contributed by atoms with Gasteiger partial charge < -0.3 is 9.90 Å². The fraction of sp³-hybridized carbons (Fsp3) is 0.200. The summed E-state index contributed by atoms with van der Waals surface area (Å²) >= 11 is 2.08. The third-order valence-electron chi connectivity index (χ3n) is 3.15. The first-order valence-electron chi connectivity index (χ1n) is 6.51. The predicted octanol–water partition coefficient (Wildman–Crippen LogP) is -2.03. The molecule has 0 spiro atoms. The number of carbonyl (C=O) groups excluding carboxylic acids is 2. The van der Waals surface area contributed by atoms with E-state index in [1.165, 1.54) is 11.6 Å². The van der Waals surface area contributed by atoms with E-state index in [-0.39, 0.29) is 56.9 Å². The number of benzene rings is 1. The number of carbonyl (C=O) groups is 2. The van der Waals surface area contributed by atoms with Gasteiger partial charge in [-0.1, -0.05) is 19.1 Å². The molecule has 2 rings (SSSR count). The normalized spacial score (nSPS) is 10.0. The number of halogens is 1. The fourth-order valence-corrected chi connectivity index (χ4v) is 2.82. The molecule has 0 atom stereocenters. The van der Waals surface area contributed by atoms with Gasteiger partial charge in [0.1, 0.15) is 0 Å². The first kappa shape index (κ1) is 20.7. The Hall–Kier alpha value is -0.394. The van der Waals surface area contributed by atoms with Crippen molar-refractivity contribution in [3.8, 4) is 5.69 Å². The molecule has 8 heteroatoms. The van der Waals surface area contributed by atoms with Crippen molar-refractivity contribution in [2.75, 3.05) is 0 Å². The van der Waals surface area contributed by atoms with Crippen molar-refractivity contribution in [2.24, 2.45) is 0 Å². The van der Waals surface area contributed by atoms with Crippen molar-refractivity contribution < 1.29 is 66.1 Å². The number of aromatic nitrogens is 2. The van der Waals surface area contributed by atoms with Gasteiger partial charge in [-0.15, -0.1) is 0 Å². The second-order valence-electron chi connectivity index (χ2n) is 4.56. The van der Waals surface area contributed by atoms with E-state index in [0.717, 1.165) is 3.57 Å². The molecule has 0 radical (unpaired) electrons. The van der Waals surface area contributed by atoms with Crippen molar-refractivity contribution in [2.45, 2.75) is 20.3 Å². The Kier molecular flexibility index (Phi) is 7.75. The maximum absolute atomic E-state index is 12.2. The van der Waals surface area contributed by atoms with Gasteiger partial charge in [-0.25, -0.2) is 4.68 Å². The molecule has 0 saturated heterocycles. The van der Waals surface area contributed by atoms with Crippen LogP contribution in [0.5, 0.6) is 0 Å². The van der Waals surface area contributed by atoms with E-state index in [9.17, 15) is 19.5 Å². The van der Waals surface area contributed by atoms with Gasteiger partial charge in [0.2, 0.25) is 5.43 Å². The summed E-state index contributed by atoms with van der Waals surface area (Å²) in [5, 5.41) is 15.1. The van der Waals surface area contributed by atoms with Crippen LogP contribution in [0.1, 0.15) is 40.4 Å². The van der Waals surface area contributed by atoms with E-state index in [4.69, 9.17) is 0 Å². The molecule has 0 fully saturated rings. The monoisotopic (exact) mass is 450 g/mol. The predicted molar refractivity (Wildman–Crippen MR) is 86.3 cm³/mol. The number of carboxylic acids is 1. The maximum atomic E-state index is 12.2. The number of para-hydroxylation sites is 1. The molecule has 1 heterocycles. The van der Waals surface area contributed by atoms with Gasteiger partial charge >= 0.3 is 51.4 Å². The molecule has 1 aromatic carbocycles. The van der Waals surface area contributed by atoms with Crippen LogP contribution in [0.3, 0.4) is 0 Å². The number of Topliss-reactive ketones (excluding diaryl/α,β-unsaturated/α-hetero) is 1. The summed E-state index contributed by atoms with van der Waals surface area (Å²) in [6.07, 6.45) is 0.357. The first-order valence-corrected chi connectivity index (χ1v) is 7.59. The molecule has 0 saturated carbocycles. The van der Waals surface area contributed by atoms with Crippen molar-refractivity contribution in [1.29, 1.82) is 0 Å². The van der Waals surface area contributed by atoms with Gasteiger partial charge in [0.25, 0.3) is 0 Å². The largest absolute Gasteiger partial charge is 1.00 e. The number of carboxylic acid groups (broad SMARTS) is 1. The number of rotatable bonds is 4. The summed E-state index contributed by atoms with van der Waals surface area (Å²) in [4.78, 5) is 35.2. The van der Waals surface area contributed by atoms with Crippen molar-refractivity contribution in [3.63, 3.8) is 0 Å². The third-order valence-corrected chi connectivity index (χ3v) is 4.06. The Labute approximate surface area is 188 Å². The van der Waals surface area contributed by atoms with Gasteiger partial charge in [-0.2, -0.15) is 5.10 Å². The van der Waals surface area contributed by atoms with Crippen molar-refractivity contribution in [3.05, 3.63) is 55.0 Å². The zero-order chi connectivity index (χ0) is 16.4. The van der Waals surface area contributed by atoms with Crippen LogP contribution in [-0.2, 0) is 6.42 Å². The van der Waals surface area contributed by atoms with Crippen LogP contribution >= 0.6 is 22.6 Å². The first-order chi connectivity index (χ1) is 10.4. The minimum atomic E-state index is -1.70. The molecule has 0 bridgehead atoms. The number of hydrogen-bond donors (Lipinski definition) is 0. The van der Waals surface area contributed by atoms with Gasteiger partial charge in [-0.3, -0.25) is 9.59 Å². The van der Waals surface area contributed by atoms with Crippen LogP contribution < -0.4 is 61.9 Å². The molecule has 0 N–H and O–H groups in total. The number of hydrogen-bond acceptors (Lipinski definition) is 5. The van der Waals surface area contributed by atoms with E-state index in [0.29, 0.717) is 17.8 Å². The fourth-order valence-electron chi connectivity index (χ4n) is 2.21. The smallest absolute Gasteiger partial charge is 0.543 e. The molecule has 2 aromatic rings. The Morgan fingerprint density at radius 3 is 2.39 bits per heavy atom. The quantitative estimate of drug-likeness (QED) is 0.305. The van der Waals surface area contributed by atoms with Gasteiger partial charge in [-0.05, 0) is 48.1 Å². The molecule has 6 nitrogen and oxygen atoms in total. The molecule has 0 amide bonds. The second kappa shape index (κ2) is 8.63. The van der Waals surface area contributed by atoms with E-state index in [1.54, 1.807) is 19.1 Å². The van der Waals surface area contributed by atoms with Crippen LogP contribution in [0, 0.1) is 3.57 Å². The topological polar surface area (TPSA) is 92.1 Å². The summed E-state index contributed by atoms with van der Waals surface area (Å²) in [6.45, 7) is 3.00. The van der Waals surface area contributed by atoms with Crippen LogP contribution in [0.2, 0.25) is 0 Å². The summed E-state index contributed by atoms with van der Waals surface area (Å²) < 4.78 is 2.15. The molecule has 0 aliphatic carbocycles. The molecule has 1 aromatic heterocycles. The summed E-state index contributed by atoms with van der Waals surface area (Å²) in [5.74, 6) is -2.19. The second-order valence-corrected chi connectivity index (χ2v) is 5.72. The van der Waals surface area contributed by atoms with Crippen molar-refractivity contribution >= 4 is 34.3 Å². The van der Waals surface area contributed by atoms with E-state index >= 15 is 0 Å². The Morgan fingerprint density at radius 1 is 1.30 bits per heavy atom. The average molecular weight is 450 g/mol. The molecule has 0 aliphatic heterocycles. The standard InChI is InChI=1S/C15H13IN2O4.K/c1-3-10-12(8(2)19)14(20)13(15(21)22)17-18(10)11-7-5-4-6-9(11)16;/h4-7H,3H2,1-2H3,(H,21,22);/q;+1/p-1. The minimum Gasteiger partial charge on any atom is -0.543 e. The van der Waals surface area contributed by atoms with Gasteiger partial charge in [0, 0.05) is 3.57 Å². The van der Waals surface area contributed by atoms with Gasteiger partial charge in [0.15, 0.2) is 11.5 Å². The van der Waals surface area contributed by atoms with Crippen molar-refractivity contribution in [1.82, 2.24) is 9.78 Å². The van der Waals surface area contributed by atoms with Crippen LogP contribution in [0.25, 0.3) is 5.69 Å². The van der Waals surface area contributed by atoms with E-state index in [2.05, 4.69) is 27.7 Å². The van der Waals surface area contributed by atoms with E-state index < -0.39 is 22.9 Å². The Morgan fingerprint density at radius 2 is 1.91 bits per heavy atom. The molecular formula is C15H12IKN2O4. The van der Waals surface area contributed by atoms with Crippen LogP contribution in [0.15, 0.2) is 29.1 Å².